The zero-order valence-electron chi connectivity index (χ0n) is 15.9. The molecule has 8 heteroatoms. The number of hydrogen-bond acceptors (Lipinski definition) is 6. The molecule has 29 heavy (non-hydrogen) atoms. The zero-order valence-corrected chi connectivity index (χ0v) is 16.8. The van der Waals surface area contributed by atoms with E-state index in [4.69, 9.17) is 4.52 Å². The molecule has 1 aromatic carbocycles. The number of carbonyl (C=O) groups is 2. The number of aromatic nitrogens is 2. The van der Waals surface area contributed by atoms with Crippen LogP contribution in [0, 0.1) is 12.8 Å². The van der Waals surface area contributed by atoms with Crippen molar-refractivity contribution in [2.75, 3.05) is 24.5 Å². The minimum atomic E-state index is -0.297. The van der Waals surface area contributed by atoms with Gasteiger partial charge in [0, 0.05) is 31.7 Å². The SMILES string of the molecule is Cc1ccc(N2CC(C(=O)N3CC(c4nc(-c5cccs5)no4)C3)CC2=O)cc1. The van der Waals surface area contributed by atoms with Crippen LogP contribution in [0.3, 0.4) is 0 Å². The molecule has 2 aromatic heterocycles. The van der Waals surface area contributed by atoms with Crippen LogP contribution in [0.5, 0.6) is 0 Å². The molecule has 2 amide bonds. The molecule has 0 N–H and O–H groups in total. The monoisotopic (exact) mass is 408 g/mol. The maximum atomic E-state index is 12.9. The van der Waals surface area contributed by atoms with Crippen LogP contribution < -0.4 is 4.90 Å². The van der Waals surface area contributed by atoms with Gasteiger partial charge in [-0.05, 0) is 30.5 Å². The van der Waals surface area contributed by atoms with Gasteiger partial charge in [-0.25, -0.2) is 0 Å². The molecule has 1 atom stereocenters. The van der Waals surface area contributed by atoms with E-state index in [0.717, 1.165) is 16.1 Å². The highest BCUT2D eigenvalue weighted by Crippen LogP contribution is 2.32. The van der Waals surface area contributed by atoms with Gasteiger partial charge in [0.2, 0.25) is 23.5 Å². The Morgan fingerprint density at radius 1 is 1.17 bits per heavy atom. The number of hydrogen-bond donors (Lipinski definition) is 0. The fourth-order valence-corrected chi connectivity index (χ4v) is 4.48. The lowest BCUT2D eigenvalue weighted by molar-refractivity contribution is -0.140. The third-order valence-corrected chi connectivity index (χ3v) is 6.41. The van der Waals surface area contributed by atoms with E-state index in [-0.39, 0.29) is 30.1 Å². The van der Waals surface area contributed by atoms with Crippen LogP contribution in [0.4, 0.5) is 5.69 Å². The highest BCUT2D eigenvalue weighted by Gasteiger charge is 2.42. The quantitative estimate of drug-likeness (QED) is 0.663. The first kappa shape index (κ1) is 18.1. The van der Waals surface area contributed by atoms with Crippen LogP contribution in [0.2, 0.25) is 0 Å². The first-order chi connectivity index (χ1) is 14.1. The maximum Gasteiger partial charge on any atom is 0.233 e. The number of carbonyl (C=O) groups excluding carboxylic acids is 2. The van der Waals surface area contributed by atoms with Crippen molar-refractivity contribution in [2.24, 2.45) is 5.92 Å². The topological polar surface area (TPSA) is 79.5 Å². The second-order valence-electron chi connectivity index (χ2n) is 7.61. The van der Waals surface area contributed by atoms with Crippen molar-refractivity contribution in [2.45, 2.75) is 19.3 Å². The van der Waals surface area contributed by atoms with Crippen molar-refractivity contribution >= 4 is 28.8 Å². The molecule has 0 bridgehead atoms. The van der Waals surface area contributed by atoms with E-state index in [1.807, 2.05) is 48.7 Å². The number of nitrogens with zero attached hydrogens (tertiary/aromatic N) is 4. The Bertz CT molecular complexity index is 1040. The van der Waals surface area contributed by atoms with E-state index in [0.29, 0.717) is 31.3 Å². The van der Waals surface area contributed by atoms with Crippen LogP contribution in [0.25, 0.3) is 10.7 Å². The number of aryl methyl sites for hydroxylation is 1. The summed E-state index contributed by atoms with van der Waals surface area (Å²) in [7, 11) is 0. The Balaban J connectivity index is 1.20. The summed E-state index contributed by atoms with van der Waals surface area (Å²) in [6, 6.07) is 11.7. The molecule has 5 rings (SSSR count). The van der Waals surface area contributed by atoms with Crippen molar-refractivity contribution in [1.29, 1.82) is 0 Å². The summed E-state index contributed by atoms with van der Waals surface area (Å²) in [5.74, 6) is 0.958. The second-order valence-corrected chi connectivity index (χ2v) is 8.56. The number of thiophene rings is 1. The van der Waals surface area contributed by atoms with Gasteiger partial charge in [0.15, 0.2) is 0 Å². The number of likely N-dealkylation sites (tertiary alicyclic amines) is 1. The number of rotatable bonds is 4. The summed E-state index contributed by atoms with van der Waals surface area (Å²) >= 11 is 1.56. The molecule has 3 aromatic rings. The van der Waals surface area contributed by atoms with Crippen LogP contribution in [0.1, 0.15) is 23.8 Å². The lowest BCUT2D eigenvalue weighted by atomic mass is 9.96. The van der Waals surface area contributed by atoms with E-state index in [2.05, 4.69) is 10.1 Å². The van der Waals surface area contributed by atoms with Gasteiger partial charge in [-0.2, -0.15) is 4.98 Å². The van der Waals surface area contributed by atoms with Crippen molar-refractivity contribution in [3.8, 4) is 10.7 Å². The fourth-order valence-electron chi connectivity index (χ4n) is 3.83. The molecule has 0 radical (unpaired) electrons. The van der Waals surface area contributed by atoms with E-state index < -0.39 is 0 Å². The molecule has 0 aliphatic carbocycles. The Morgan fingerprint density at radius 3 is 2.69 bits per heavy atom. The van der Waals surface area contributed by atoms with Gasteiger partial charge in [-0.15, -0.1) is 11.3 Å². The highest BCUT2D eigenvalue weighted by atomic mass is 32.1. The highest BCUT2D eigenvalue weighted by molar-refractivity contribution is 7.13. The van der Waals surface area contributed by atoms with Gasteiger partial charge in [0.25, 0.3) is 0 Å². The molecular formula is C21H20N4O3S. The first-order valence-electron chi connectivity index (χ1n) is 9.62. The smallest absolute Gasteiger partial charge is 0.233 e. The second kappa shape index (κ2) is 7.11. The zero-order chi connectivity index (χ0) is 20.0. The van der Waals surface area contributed by atoms with Crippen molar-refractivity contribution in [1.82, 2.24) is 15.0 Å². The van der Waals surface area contributed by atoms with E-state index >= 15 is 0 Å². The van der Waals surface area contributed by atoms with Gasteiger partial charge in [0.05, 0.1) is 16.7 Å². The summed E-state index contributed by atoms with van der Waals surface area (Å²) in [4.78, 5) is 34.2. The minimum absolute atomic E-state index is 0.00164. The van der Waals surface area contributed by atoms with E-state index in [9.17, 15) is 9.59 Å². The fraction of sp³-hybridized carbons (Fsp3) is 0.333. The predicted octanol–water partition coefficient (Wildman–Crippen LogP) is 3.09. The molecule has 7 nitrogen and oxygen atoms in total. The molecule has 0 spiro atoms. The Kier molecular flexibility index (Phi) is 4.43. The molecule has 1 unspecified atom stereocenters. The predicted molar refractivity (Wildman–Crippen MR) is 109 cm³/mol. The minimum Gasteiger partial charge on any atom is -0.341 e. The Morgan fingerprint density at radius 2 is 1.97 bits per heavy atom. The van der Waals surface area contributed by atoms with E-state index in [1.54, 1.807) is 21.1 Å². The number of amides is 2. The first-order valence-corrected chi connectivity index (χ1v) is 10.5. The third kappa shape index (κ3) is 3.33. The molecule has 148 valence electrons. The molecule has 0 saturated carbocycles. The van der Waals surface area contributed by atoms with Gasteiger partial charge in [-0.1, -0.05) is 28.9 Å². The average molecular weight is 408 g/mol. The van der Waals surface area contributed by atoms with Crippen molar-refractivity contribution < 1.29 is 14.1 Å². The van der Waals surface area contributed by atoms with Crippen molar-refractivity contribution in [3.63, 3.8) is 0 Å². The maximum absolute atomic E-state index is 12.9. The average Bonchev–Trinajstić information content (AvgIpc) is 3.41. The van der Waals surface area contributed by atoms with Gasteiger partial charge in [0.1, 0.15) is 0 Å². The standard InChI is InChI=1S/C21H20N4O3S/c1-13-4-6-16(7-5-13)25-12-14(9-18(25)26)21(27)24-10-15(11-24)20-22-19(23-28-20)17-3-2-8-29-17/h2-8,14-15H,9-12H2,1H3. The van der Waals surface area contributed by atoms with Gasteiger partial charge in [-0.3, -0.25) is 9.59 Å². The largest absolute Gasteiger partial charge is 0.341 e. The van der Waals surface area contributed by atoms with Gasteiger partial charge >= 0.3 is 0 Å². The summed E-state index contributed by atoms with van der Waals surface area (Å²) in [6.07, 6.45) is 0.261. The molecule has 2 aliphatic heterocycles. The van der Waals surface area contributed by atoms with Crippen LogP contribution >= 0.6 is 11.3 Å². The molecule has 2 saturated heterocycles. The molecule has 4 heterocycles. The molecular weight excluding hydrogens is 388 g/mol. The summed E-state index contributed by atoms with van der Waals surface area (Å²) in [5.41, 5.74) is 1.99. The van der Waals surface area contributed by atoms with Gasteiger partial charge < -0.3 is 14.3 Å². The van der Waals surface area contributed by atoms with E-state index in [1.165, 1.54) is 0 Å². The lowest BCUT2D eigenvalue weighted by Crippen LogP contribution is -2.51. The molecule has 2 aliphatic rings. The molecule has 2 fully saturated rings. The summed E-state index contributed by atoms with van der Waals surface area (Å²) in [6.45, 7) is 3.56. The normalized spacial score (nSPS) is 19.6. The van der Waals surface area contributed by atoms with Crippen LogP contribution in [-0.4, -0.2) is 46.5 Å². The number of anilines is 1. The van der Waals surface area contributed by atoms with Crippen LogP contribution in [-0.2, 0) is 9.59 Å². The third-order valence-electron chi connectivity index (χ3n) is 5.55. The van der Waals surface area contributed by atoms with Crippen LogP contribution in [0.15, 0.2) is 46.3 Å². The summed E-state index contributed by atoms with van der Waals surface area (Å²) in [5, 5.41) is 6.01. The summed E-state index contributed by atoms with van der Waals surface area (Å²) < 4.78 is 5.39. The Hall–Kier alpha value is -3.00. The Labute approximate surface area is 171 Å². The number of benzene rings is 1. The van der Waals surface area contributed by atoms with Crippen molar-refractivity contribution in [3.05, 3.63) is 53.2 Å². The lowest BCUT2D eigenvalue weighted by Gasteiger charge is -2.38.